The van der Waals surface area contributed by atoms with Crippen LogP contribution in [0.2, 0.25) is 0 Å². The molecule has 0 atom stereocenters. The van der Waals surface area contributed by atoms with Crippen molar-refractivity contribution in [3.63, 3.8) is 0 Å². The lowest BCUT2D eigenvalue weighted by molar-refractivity contribution is 0.208. The van der Waals surface area contributed by atoms with E-state index in [0.717, 1.165) is 11.4 Å². The van der Waals surface area contributed by atoms with Crippen LogP contribution in [0.4, 0.5) is 16.3 Å². The SMILES string of the molecule is Cc1nc(-c2ccc(N3CCN(C(=O)Nc4ccccc4C#N)CC3)nc2)no1. The molecule has 1 aliphatic rings. The highest BCUT2D eigenvalue weighted by atomic mass is 16.5. The minimum atomic E-state index is -0.205. The predicted molar refractivity (Wildman–Crippen MR) is 106 cm³/mol. The van der Waals surface area contributed by atoms with E-state index in [2.05, 4.69) is 31.4 Å². The van der Waals surface area contributed by atoms with Gasteiger partial charge in [-0.05, 0) is 24.3 Å². The summed E-state index contributed by atoms with van der Waals surface area (Å²) < 4.78 is 5.00. The first-order chi connectivity index (χ1) is 14.1. The lowest BCUT2D eigenvalue weighted by atomic mass is 10.2. The number of amides is 2. The Balaban J connectivity index is 1.35. The van der Waals surface area contributed by atoms with Gasteiger partial charge in [-0.1, -0.05) is 17.3 Å². The Morgan fingerprint density at radius 3 is 2.62 bits per heavy atom. The number of nitriles is 1. The maximum absolute atomic E-state index is 12.5. The van der Waals surface area contributed by atoms with E-state index >= 15 is 0 Å². The third kappa shape index (κ3) is 4.01. The maximum atomic E-state index is 12.5. The van der Waals surface area contributed by atoms with Gasteiger partial charge < -0.3 is 19.6 Å². The largest absolute Gasteiger partial charge is 0.353 e. The summed E-state index contributed by atoms with van der Waals surface area (Å²) in [6.07, 6.45) is 1.72. The van der Waals surface area contributed by atoms with Gasteiger partial charge in [-0.25, -0.2) is 9.78 Å². The van der Waals surface area contributed by atoms with E-state index in [1.54, 1.807) is 42.3 Å². The van der Waals surface area contributed by atoms with Gasteiger partial charge >= 0.3 is 6.03 Å². The van der Waals surface area contributed by atoms with Gasteiger partial charge in [0.05, 0.1) is 11.3 Å². The quantitative estimate of drug-likeness (QED) is 0.733. The van der Waals surface area contributed by atoms with E-state index < -0.39 is 0 Å². The third-order valence-corrected chi connectivity index (χ3v) is 4.71. The number of anilines is 2. The summed E-state index contributed by atoms with van der Waals surface area (Å²) in [7, 11) is 0. The zero-order chi connectivity index (χ0) is 20.2. The Bertz CT molecular complexity index is 1050. The number of piperazine rings is 1. The van der Waals surface area contributed by atoms with Crippen molar-refractivity contribution >= 4 is 17.5 Å². The molecule has 3 aromatic rings. The van der Waals surface area contributed by atoms with E-state index in [1.165, 1.54) is 0 Å². The molecule has 0 saturated carbocycles. The zero-order valence-corrected chi connectivity index (χ0v) is 15.9. The molecule has 0 unspecified atom stereocenters. The molecule has 1 aromatic carbocycles. The molecule has 0 aliphatic carbocycles. The van der Waals surface area contributed by atoms with Crippen LogP contribution in [0.5, 0.6) is 0 Å². The average Bonchev–Trinajstić information content (AvgIpc) is 3.20. The highest BCUT2D eigenvalue weighted by Gasteiger charge is 2.22. The molecule has 9 heteroatoms. The molecule has 3 heterocycles. The first-order valence-electron chi connectivity index (χ1n) is 9.21. The molecule has 1 N–H and O–H groups in total. The summed E-state index contributed by atoms with van der Waals surface area (Å²) in [5.41, 5.74) is 1.76. The summed E-state index contributed by atoms with van der Waals surface area (Å²) in [6.45, 7) is 4.21. The molecule has 2 aromatic heterocycles. The monoisotopic (exact) mass is 389 g/mol. The number of aromatic nitrogens is 3. The second-order valence-corrected chi connectivity index (χ2v) is 6.60. The predicted octanol–water partition coefficient (Wildman–Crippen LogP) is 2.67. The summed E-state index contributed by atoms with van der Waals surface area (Å²) in [4.78, 5) is 25.1. The average molecular weight is 389 g/mol. The number of urea groups is 1. The van der Waals surface area contributed by atoms with Gasteiger partial charge in [0.2, 0.25) is 11.7 Å². The molecule has 1 fully saturated rings. The molecule has 146 valence electrons. The summed E-state index contributed by atoms with van der Waals surface area (Å²) in [5, 5.41) is 15.9. The first-order valence-corrected chi connectivity index (χ1v) is 9.21. The van der Waals surface area contributed by atoms with E-state index in [9.17, 15) is 4.79 Å². The number of nitrogens with zero attached hydrogens (tertiary/aromatic N) is 6. The van der Waals surface area contributed by atoms with Crippen LogP contribution in [0.1, 0.15) is 11.5 Å². The Morgan fingerprint density at radius 1 is 1.17 bits per heavy atom. The Kier molecular flexibility index (Phi) is 5.07. The van der Waals surface area contributed by atoms with Crippen LogP contribution >= 0.6 is 0 Å². The second kappa shape index (κ2) is 7.98. The lowest BCUT2D eigenvalue weighted by Gasteiger charge is -2.35. The van der Waals surface area contributed by atoms with Gasteiger partial charge in [0.25, 0.3) is 0 Å². The van der Waals surface area contributed by atoms with Crippen molar-refractivity contribution in [1.82, 2.24) is 20.0 Å². The molecule has 2 amide bonds. The number of rotatable bonds is 3. The third-order valence-electron chi connectivity index (χ3n) is 4.71. The van der Waals surface area contributed by atoms with E-state index in [1.807, 2.05) is 12.1 Å². The van der Waals surface area contributed by atoms with Gasteiger partial charge in [-0.3, -0.25) is 0 Å². The van der Waals surface area contributed by atoms with Gasteiger partial charge in [0, 0.05) is 44.9 Å². The number of carbonyl (C=O) groups is 1. The van der Waals surface area contributed by atoms with Crippen LogP contribution in [-0.4, -0.2) is 52.2 Å². The van der Waals surface area contributed by atoms with Crippen molar-refractivity contribution in [2.75, 3.05) is 36.4 Å². The fourth-order valence-corrected chi connectivity index (χ4v) is 3.14. The number of para-hydroxylation sites is 1. The van der Waals surface area contributed by atoms with Crippen molar-refractivity contribution in [2.24, 2.45) is 0 Å². The topological polar surface area (TPSA) is 111 Å². The fourth-order valence-electron chi connectivity index (χ4n) is 3.14. The van der Waals surface area contributed by atoms with Crippen LogP contribution in [0.3, 0.4) is 0 Å². The summed E-state index contributed by atoms with van der Waals surface area (Å²) >= 11 is 0. The molecule has 29 heavy (non-hydrogen) atoms. The molecule has 0 spiro atoms. The standard InChI is InChI=1S/C20H19N7O2/c1-14-23-19(25-29-14)16-6-7-18(22-13-16)26-8-10-27(11-9-26)20(28)24-17-5-3-2-4-15(17)12-21/h2-7,13H,8-11H2,1H3,(H,24,28). The molecule has 0 radical (unpaired) electrons. The number of hydrogen-bond acceptors (Lipinski definition) is 7. The normalized spacial score (nSPS) is 13.8. The van der Waals surface area contributed by atoms with Crippen LogP contribution < -0.4 is 10.2 Å². The number of aryl methyl sites for hydroxylation is 1. The molecular formula is C20H19N7O2. The Morgan fingerprint density at radius 2 is 1.97 bits per heavy atom. The molecule has 1 aliphatic heterocycles. The molecular weight excluding hydrogens is 370 g/mol. The summed E-state index contributed by atoms with van der Waals surface area (Å²) in [6, 6.07) is 12.7. The zero-order valence-electron chi connectivity index (χ0n) is 15.9. The highest BCUT2D eigenvalue weighted by Crippen LogP contribution is 2.20. The minimum absolute atomic E-state index is 0.205. The van der Waals surface area contributed by atoms with Crippen molar-refractivity contribution in [1.29, 1.82) is 5.26 Å². The van der Waals surface area contributed by atoms with Crippen LogP contribution in [0.25, 0.3) is 11.4 Å². The van der Waals surface area contributed by atoms with E-state index in [4.69, 9.17) is 9.78 Å². The number of pyridine rings is 1. The van der Waals surface area contributed by atoms with Crippen molar-refractivity contribution in [2.45, 2.75) is 6.92 Å². The number of carbonyl (C=O) groups excluding carboxylic acids is 1. The second-order valence-electron chi connectivity index (χ2n) is 6.60. The van der Waals surface area contributed by atoms with Gasteiger partial charge in [-0.2, -0.15) is 10.2 Å². The van der Waals surface area contributed by atoms with Gasteiger partial charge in [0.1, 0.15) is 11.9 Å². The van der Waals surface area contributed by atoms with Crippen molar-refractivity contribution in [3.05, 3.63) is 54.0 Å². The van der Waals surface area contributed by atoms with Crippen molar-refractivity contribution in [3.8, 4) is 17.5 Å². The van der Waals surface area contributed by atoms with E-state index in [-0.39, 0.29) is 6.03 Å². The summed E-state index contributed by atoms with van der Waals surface area (Å²) in [5.74, 6) is 1.86. The maximum Gasteiger partial charge on any atom is 0.322 e. The van der Waals surface area contributed by atoms with Crippen LogP contribution in [0.15, 0.2) is 47.1 Å². The van der Waals surface area contributed by atoms with E-state index in [0.29, 0.717) is 49.1 Å². The first kappa shape index (κ1) is 18.4. The number of benzene rings is 1. The van der Waals surface area contributed by atoms with Crippen molar-refractivity contribution < 1.29 is 9.32 Å². The number of nitrogens with one attached hydrogen (secondary N) is 1. The van der Waals surface area contributed by atoms with Gasteiger partial charge in [-0.15, -0.1) is 0 Å². The van der Waals surface area contributed by atoms with Crippen LogP contribution in [-0.2, 0) is 0 Å². The smallest absolute Gasteiger partial charge is 0.322 e. The molecule has 4 rings (SSSR count). The minimum Gasteiger partial charge on any atom is -0.353 e. The Labute approximate surface area is 167 Å². The highest BCUT2D eigenvalue weighted by molar-refractivity contribution is 5.91. The molecule has 9 nitrogen and oxygen atoms in total. The fraction of sp³-hybridized carbons (Fsp3) is 0.250. The van der Waals surface area contributed by atoms with Crippen LogP contribution in [0, 0.1) is 18.3 Å². The van der Waals surface area contributed by atoms with Gasteiger partial charge in [0.15, 0.2) is 0 Å². The molecule has 0 bridgehead atoms. The number of hydrogen-bond donors (Lipinski definition) is 1. The Hall–Kier alpha value is -3.93. The molecule has 1 saturated heterocycles. The lowest BCUT2D eigenvalue weighted by Crippen LogP contribution is -2.50.